The summed E-state index contributed by atoms with van der Waals surface area (Å²) in [4.78, 5) is 8.85. The zero-order valence-electron chi connectivity index (χ0n) is 15.6. The number of para-hydroxylation sites is 1. The third-order valence-electron chi connectivity index (χ3n) is 5.34. The second kappa shape index (κ2) is 7.44. The van der Waals surface area contributed by atoms with Gasteiger partial charge in [-0.15, -0.1) is 0 Å². The van der Waals surface area contributed by atoms with Crippen LogP contribution < -0.4 is 10.1 Å². The molecule has 5 rings (SSSR count). The lowest BCUT2D eigenvalue weighted by molar-refractivity contribution is 0.375. The molecule has 0 radical (unpaired) electrons. The molecule has 0 unspecified atom stereocenters. The van der Waals surface area contributed by atoms with Gasteiger partial charge >= 0.3 is 0 Å². The first kappa shape index (κ1) is 17.0. The molecule has 0 bridgehead atoms. The summed E-state index contributed by atoms with van der Waals surface area (Å²) < 4.78 is 8.26. The van der Waals surface area contributed by atoms with Crippen LogP contribution in [0.4, 0.5) is 0 Å². The number of ether oxygens (including phenoxy) is 1. The smallest absolute Gasteiger partial charge is 0.144 e. The van der Waals surface area contributed by atoms with E-state index < -0.39 is 0 Å². The van der Waals surface area contributed by atoms with E-state index >= 15 is 0 Å². The Morgan fingerprint density at radius 1 is 0.929 bits per heavy atom. The highest BCUT2D eigenvalue weighted by atomic mass is 16.5. The van der Waals surface area contributed by atoms with Gasteiger partial charge in [0.05, 0.1) is 0 Å². The number of rotatable bonds is 4. The second-order valence-corrected chi connectivity index (χ2v) is 7.13. The molecule has 0 amide bonds. The first-order valence-electron chi connectivity index (χ1n) is 9.73. The summed E-state index contributed by atoms with van der Waals surface area (Å²) in [5.41, 5.74) is 3.33. The Bertz CT molecular complexity index is 1070. The van der Waals surface area contributed by atoms with E-state index in [-0.39, 0.29) is 0 Å². The first-order valence-corrected chi connectivity index (χ1v) is 9.73. The zero-order chi connectivity index (χ0) is 18.8. The zero-order valence-corrected chi connectivity index (χ0v) is 15.6. The summed E-state index contributed by atoms with van der Waals surface area (Å²) in [7, 11) is 0. The van der Waals surface area contributed by atoms with E-state index in [1.807, 2.05) is 48.7 Å². The molecule has 4 aromatic rings. The maximum atomic E-state index is 5.92. The number of piperidine rings is 1. The molecule has 28 heavy (non-hydrogen) atoms. The van der Waals surface area contributed by atoms with Crippen molar-refractivity contribution in [1.82, 2.24) is 19.9 Å². The van der Waals surface area contributed by atoms with Crippen molar-refractivity contribution in [3.05, 3.63) is 73.3 Å². The number of aromatic nitrogens is 3. The molecule has 1 saturated heterocycles. The minimum absolute atomic E-state index is 0.480. The maximum absolute atomic E-state index is 5.92. The van der Waals surface area contributed by atoms with E-state index in [4.69, 9.17) is 4.74 Å². The summed E-state index contributed by atoms with van der Waals surface area (Å²) in [5, 5.41) is 4.53. The van der Waals surface area contributed by atoms with Crippen molar-refractivity contribution in [2.75, 3.05) is 13.1 Å². The largest absolute Gasteiger partial charge is 0.457 e. The van der Waals surface area contributed by atoms with E-state index in [0.717, 1.165) is 54.0 Å². The van der Waals surface area contributed by atoms with Crippen LogP contribution in [0.3, 0.4) is 0 Å². The predicted molar refractivity (Wildman–Crippen MR) is 111 cm³/mol. The summed E-state index contributed by atoms with van der Waals surface area (Å²) in [6, 6.07) is 18.6. The van der Waals surface area contributed by atoms with Gasteiger partial charge in [0.2, 0.25) is 0 Å². The molecule has 0 saturated carbocycles. The van der Waals surface area contributed by atoms with Crippen LogP contribution in [0.1, 0.15) is 18.9 Å². The lowest BCUT2D eigenvalue weighted by atomic mass is 10.1. The lowest BCUT2D eigenvalue weighted by Gasteiger charge is -2.24. The van der Waals surface area contributed by atoms with Crippen LogP contribution in [-0.2, 0) is 0 Å². The standard InChI is InChI=1S/C23H22N4O/c1-2-4-19(5-3-1)28-20-8-6-17(7-9-20)22-15-27(18-10-12-24-13-11-18)23-21(22)14-25-16-26-23/h1-9,14-16,18,24H,10-13H2. The van der Waals surface area contributed by atoms with Crippen LogP contribution in [0.25, 0.3) is 22.2 Å². The van der Waals surface area contributed by atoms with E-state index in [1.54, 1.807) is 6.33 Å². The van der Waals surface area contributed by atoms with Crippen molar-refractivity contribution in [1.29, 1.82) is 0 Å². The van der Waals surface area contributed by atoms with E-state index in [9.17, 15) is 0 Å². The molecule has 5 heteroatoms. The molecule has 2 aromatic heterocycles. The van der Waals surface area contributed by atoms with Gasteiger partial charge in [-0.3, -0.25) is 0 Å². The van der Waals surface area contributed by atoms with Crippen LogP contribution in [0, 0.1) is 0 Å². The molecule has 2 aromatic carbocycles. The molecule has 0 aliphatic carbocycles. The fourth-order valence-corrected chi connectivity index (χ4v) is 3.91. The van der Waals surface area contributed by atoms with Gasteiger partial charge in [0.1, 0.15) is 23.5 Å². The van der Waals surface area contributed by atoms with Crippen LogP contribution in [0.2, 0.25) is 0 Å². The number of benzene rings is 2. The summed E-state index contributed by atoms with van der Waals surface area (Å²) in [6.07, 6.45) is 8.04. The molecule has 140 valence electrons. The van der Waals surface area contributed by atoms with Crippen molar-refractivity contribution < 1.29 is 4.74 Å². The Morgan fingerprint density at radius 2 is 1.68 bits per heavy atom. The minimum Gasteiger partial charge on any atom is -0.457 e. The van der Waals surface area contributed by atoms with Gasteiger partial charge in [-0.1, -0.05) is 30.3 Å². The topological polar surface area (TPSA) is 52.0 Å². The van der Waals surface area contributed by atoms with Gasteiger partial charge < -0.3 is 14.6 Å². The van der Waals surface area contributed by atoms with Crippen LogP contribution in [0.5, 0.6) is 11.5 Å². The third-order valence-corrected chi connectivity index (χ3v) is 5.34. The second-order valence-electron chi connectivity index (χ2n) is 7.13. The number of fused-ring (bicyclic) bond motifs is 1. The molecule has 1 N–H and O–H groups in total. The molecule has 3 heterocycles. The van der Waals surface area contributed by atoms with Crippen LogP contribution >= 0.6 is 0 Å². The average molecular weight is 370 g/mol. The monoisotopic (exact) mass is 370 g/mol. The van der Waals surface area contributed by atoms with Crippen molar-refractivity contribution in [2.45, 2.75) is 18.9 Å². The number of hydrogen-bond acceptors (Lipinski definition) is 4. The Labute approximate surface area is 164 Å². The van der Waals surface area contributed by atoms with Gasteiger partial charge in [0.15, 0.2) is 0 Å². The molecular formula is C23H22N4O. The van der Waals surface area contributed by atoms with Gasteiger partial charge in [-0.05, 0) is 55.8 Å². The van der Waals surface area contributed by atoms with Crippen molar-refractivity contribution >= 4 is 11.0 Å². The number of nitrogens with one attached hydrogen (secondary N) is 1. The van der Waals surface area contributed by atoms with Gasteiger partial charge in [0, 0.05) is 29.4 Å². The Morgan fingerprint density at radius 3 is 2.46 bits per heavy atom. The highest BCUT2D eigenvalue weighted by Gasteiger charge is 2.20. The molecule has 5 nitrogen and oxygen atoms in total. The van der Waals surface area contributed by atoms with Crippen molar-refractivity contribution in [2.24, 2.45) is 0 Å². The van der Waals surface area contributed by atoms with Crippen LogP contribution in [0.15, 0.2) is 73.3 Å². The Hall–Kier alpha value is -3.18. The quantitative estimate of drug-likeness (QED) is 0.560. The molecule has 0 spiro atoms. The van der Waals surface area contributed by atoms with E-state index in [1.165, 1.54) is 5.56 Å². The van der Waals surface area contributed by atoms with Gasteiger partial charge in [-0.2, -0.15) is 0 Å². The summed E-state index contributed by atoms with van der Waals surface area (Å²) in [6.45, 7) is 2.10. The first-order chi connectivity index (χ1) is 13.9. The lowest BCUT2D eigenvalue weighted by Crippen LogP contribution is -2.29. The number of nitrogens with zero attached hydrogens (tertiary/aromatic N) is 3. The summed E-state index contributed by atoms with van der Waals surface area (Å²) in [5.74, 6) is 1.67. The predicted octanol–water partition coefficient (Wildman–Crippen LogP) is 4.82. The normalized spacial score (nSPS) is 15.0. The average Bonchev–Trinajstić information content (AvgIpc) is 3.15. The Kier molecular flexibility index (Phi) is 4.51. The molecule has 1 fully saturated rings. The molecular weight excluding hydrogens is 348 g/mol. The van der Waals surface area contributed by atoms with Gasteiger partial charge in [-0.25, -0.2) is 9.97 Å². The fraction of sp³-hybridized carbons (Fsp3) is 0.217. The van der Waals surface area contributed by atoms with Crippen molar-refractivity contribution in [3.63, 3.8) is 0 Å². The number of hydrogen-bond donors (Lipinski definition) is 1. The van der Waals surface area contributed by atoms with E-state index in [2.05, 4.69) is 38.2 Å². The Balaban J connectivity index is 1.49. The van der Waals surface area contributed by atoms with Gasteiger partial charge in [0.25, 0.3) is 0 Å². The third kappa shape index (κ3) is 3.25. The summed E-state index contributed by atoms with van der Waals surface area (Å²) >= 11 is 0. The molecule has 0 atom stereocenters. The molecule has 1 aliphatic heterocycles. The SMILES string of the molecule is c1ccc(Oc2ccc(-c3cn(C4CCNCC4)c4ncncc34)cc2)cc1. The minimum atomic E-state index is 0.480. The maximum Gasteiger partial charge on any atom is 0.144 e. The molecule has 1 aliphatic rings. The van der Waals surface area contributed by atoms with Crippen molar-refractivity contribution in [3.8, 4) is 22.6 Å². The van der Waals surface area contributed by atoms with Crippen LogP contribution in [-0.4, -0.2) is 27.6 Å². The fourth-order valence-electron chi connectivity index (χ4n) is 3.91. The highest BCUT2D eigenvalue weighted by Crippen LogP contribution is 2.34. The van der Waals surface area contributed by atoms with E-state index in [0.29, 0.717) is 6.04 Å². The highest BCUT2D eigenvalue weighted by molar-refractivity contribution is 5.93.